The summed E-state index contributed by atoms with van der Waals surface area (Å²) < 4.78 is 5.06. The van der Waals surface area contributed by atoms with E-state index in [1.165, 1.54) is 32.8 Å². The van der Waals surface area contributed by atoms with Gasteiger partial charge in [0.2, 0.25) is 0 Å². The van der Waals surface area contributed by atoms with E-state index >= 15 is 0 Å². The number of nitrogens with zero attached hydrogens (tertiary/aromatic N) is 2. The van der Waals surface area contributed by atoms with Crippen LogP contribution in [-0.4, -0.2) is 42.1 Å². The molecule has 0 spiro atoms. The van der Waals surface area contributed by atoms with Crippen molar-refractivity contribution >= 4 is 5.69 Å². The molecule has 0 saturated carbocycles. The van der Waals surface area contributed by atoms with Gasteiger partial charge in [-0.3, -0.25) is 15.0 Å². The molecule has 2 atom stereocenters. The van der Waals surface area contributed by atoms with E-state index < -0.39 is 0 Å². The molecule has 2 saturated heterocycles. The normalized spacial score (nSPS) is 27.1. The zero-order valence-corrected chi connectivity index (χ0v) is 13.1. The molecule has 22 heavy (non-hydrogen) atoms. The van der Waals surface area contributed by atoms with Crippen LogP contribution < -0.4 is 10.1 Å². The number of hydrogen-bond donors (Lipinski definition) is 1. The molecule has 2 heterocycles. The number of fused-ring (bicyclic) bond motifs is 2. The molecule has 1 N–H and O–H groups in total. The van der Waals surface area contributed by atoms with Crippen molar-refractivity contribution in [2.24, 2.45) is 0 Å². The van der Waals surface area contributed by atoms with Gasteiger partial charge in [-0.15, -0.1) is 0 Å². The summed E-state index contributed by atoms with van der Waals surface area (Å²) in [7, 11) is 3.57. The van der Waals surface area contributed by atoms with Crippen LogP contribution in [0.1, 0.15) is 31.2 Å². The minimum Gasteiger partial charge on any atom is -0.490 e. The fourth-order valence-electron chi connectivity index (χ4n) is 3.78. The third-order valence-electron chi connectivity index (χ3n) is 4.94. The maximum absolute atomic E-state index is 11.1. The maximum atomic E-state index is 11.1. The minimum absolute atomic E-state index is 0.0405. The molecule has 6 nitrogen and oxygen atoms in total. The highest BCUT2D eigenvalue weighted by molar-refractivity contribution is 5.48. The van der Waals surface area contributed by atoms with Gasteiger partial charge in [0, 0.05) is 30.7 Å². The van der Waals surface area contributed by atoms with Crippen LogP contribution in [0.4, 0.5) is 5.69 Å². The summed E-state index contributed by atoms with van der Waals surface area (Å²) in [5.74, 6) is 0.316. The van der Waals surface area contributed by atoms with Gasteiger partial charge in [0.25, 0.3) is 0 Å². The molecular formula is C16H23N3O3. The summed E-state index contributed by atoms with van der Waals surface area (Å²) >= 11 is 0. The van der Waals surface area contributed by atoms with Crippen LogP contribution >= 0.6 is 0 Å². The molecule has 0 radical (unpaired) electrons. The Bertz CT molecular complexity index is 552. The Morgan fingerprint density at radius 3 is 2.64 bits per heavy atom. The summed E-state index contributed by atoms with van der Waals surface area (Å²) in [6.07, 6.45) is 4.91. The van der Waals surface area contributed by atoms with Crippen molar-refractivity contribution in [3.63, 3.8) is 0 Å². The Labute approximate surface area is 130 Å². The predicted molar refractivity (Wildman–Crippen MR) is 84.1 cm³/mol. The van der Waals surface area contributed by atoms with Gasteiger partial charge in [0.05, 0.1) is 12.0 Å². The standard InChI is InChI=1S/C16H23N3O3/c1-18(14-8-12-4-5-13(9-14)17-12)10-11-3-6-16(22-2)15(7-11)19(20)21/h3,6-7,12-14,17H,4-5,8-10H2,1-2H3. The Balaban J connectivity index is 1.70. The molecule has 3 rings (SSSR count). The second-order valence-electron chi connectivity index (χ2n) is 6.44. The molecule has 2 aliphatic heterocycles. The molecule has 0 aliphatic carbocycles. The van der Waals surface area contributed by atoms with Crippen molar-refractivity contribution in [1.29, 1.82) is 0 Å². The molecule has 1 aromatic rings. The number of benzene rings is 1. The molecule has 0 aromatic heterocycles. The van der Waals surface area contributed by atoms with Crippen LogP contribution in [0.15, 0.2) is 18.2 Å². The fourth-order valence-corrected chi connectivity index (χ4v) is 3.78. The molecule has 1 aromatic carbocycles. The van der Waals surface area contributed by atoms with Gasteiger partial charge in [0.15, 0.2) is 5.75 Å². The average Bonchev–Trinajstić information content (AvgIpc) is 2.85. The van der Waals surface area contributed by atoms with Crippen LogP contribution in [0.5, 0.6) is 5.75 Å². The van der Waals surface area contributed by atoms with Crippen LogP contribution in [0.3, 0.4) is 0 Å². The van der Waals surface area contributed by atoms with Crippen LogP contribution in [0.2, 0.25) is 0 Å². The lowest BCUT2D eigenvalue weighted by molar-refractivity contribution is -0.385. The van der Waals surface area contributed by atoms with Crippen molar-refractivity contribution in [2.75, 3.05) is 14.2 Å². The highest BCUT2D eigenvalue weighted by Gasteiger charge is 2.35. The Morgan fingerprint density at radius 2 is 2.05 bits per heavy atom. The van der Waals surface area contributed by atoms with E-state index in [9.17, 15) is 10.1 Å². The first kappa shape index (κ1) is 15.2. The molecule has 120 valence electrons. The van der Waals surface area contributed by atoms with Crippen molar-refractivity contribution in [3.8, 4) is 5.75 Å². The van der Waals surface area contributed by atoms with E-state index in [4.69, 9.17) is 4.74 Å². The molecule has 2 aliphatic rings. The summed E-state index contributed by atoms with van der Waals surface area (Å²) in [6, 6.07) is 7.09. The second kappa shape index (κ2) is 6.22. The lowest BCUT2D eigenvalue weighted by atomic mass is 9.98. The van der Waals surface area contributed by atoms with Gasteiger partial charge in [-0.05, 0) is 44.4 Å². The van der Waals surface area contributed by atoms with Gasteiger partial charge < -0.3 is 10.1 Å². The molecule has 2 fully saturated rings. The van der Waals surface area contributed by atoms with Gasteiger partial charge in [0.1, 0.15) is 0 Å². The smallest absolute Gasteiger partial charge is 0.311 e. The van der Waals surface area contributed by atoms with Crippen LogP contribution in [0.25, 0.3) is 0 Å². The number of hydrogen-bond acceptors (Lipinski definition) is 5. The first-order chi connectivity index (χ1) is 10.6. The topological polar surface area (TPSA) is 67.6 Å². The summed E-state index contributed by atoms with van der Waals surface area (Å²) in [5.41, 5.74) is 1.000. The third kappa shape index (κ3) is 3.08. The lowest BCUT2D eigenvalue weighted by Gasteiger charge is -2.35. The Kier molecular flexibility index (Phi) is 4.31. The van der Waals surface area contributed by atoms with Crippen molar-refractivity contribution in [1.82, 2.24) is 10.2 Å². The van der Waals surface area contributed by atoms with Gasteiger partial charge >= 0.3 is 5.69 Å². The maximum Gasteiger partial charge on any atom is 0.311 e. The molecular weight excluding hydrogens is 282 g/mol. The number of nitro groups is 1. The third-order valence-corrected chi connectivity index (χ3v) is 4.94. The van der Waals surface area contributed by atoms with Gasteiger partial charge in [-0.2, -0.15) is 0 Å². The summed E-state index contributed by atoms with van der Waals surface area (Å²) in [6.45, 7) is 0.731. The van der Waals surface area contributed by atoms with E-state index in [1.807, 2.05) is 6.07 Å². The SMILES string of the molecule is COc1ccc(CN(C)C2CC3CCC(C2)N3)cc1[N+](=O)[O-]. The van der Waals surface area contributed by atoms with Crippen molar-refractivity contribution in [3.05, 3.63) is 33.9 Å². The first-order valence-corrected chi connectivity index (χ1v) is 7.84. The zero-order valence-electron chi connectivity index (χ0n) is 13.1. The molecule has 6 heteroatoms. The van der Waals surface area contributed by atoms with E-state index in [1.54, 1.807) is 12.1 Å². The number of piperidine rings is 1. The average molecular weight is 305 g/mol. The van der Waals surface area contributed by atoms with Crippen LogP contribution in [0, 0.1) is 10.1 Å². The Hall–Kier alpha value is -1.66. The molecule has 2 bridgehead atoms. The number of nitrogens with one attached hydrogen (secondary N) is 1. The number of rotatable bonds is 5. The van der Waals surface area contributed by atoms with E-state index in [0.29, 0.717) is 23.9 Å². The van der Waals surface area contributed by atoms with Gasteiger partial charge in [-0.1, -0.05) is 6.07 Å². The number of nitro benzene ring substituents is 1. The highest BCUT2D eigenvalue weighted by atomic mass is 16.6. The quantitative estimate of drug-likeness (QED) is 0.668. The van der Waals surface area contributed by atoms with E-state index in [2.05, 4.69) is 17.3 Å². The van der Waals surface area contributed by atoms with E-state index in [-0.39, 0.29) is 10.6 Å². The summed E-state index contributed by atoms with van der Waals surface area (Å²) in [5, 5.41) is 14.8. The highest BCUT2D eigenvalue weighted by Crippen LogP contribution is 2.31. The van der Waals surface area contributed by atoms with Gasteiger partial charge in [-0.25, -0.2) is 0 Å². The number of methoxy groups -OCH3 is 1. The number of ether oxygens (including phenoxy) is 1. The predicted octanol–water partition coefficient (Wildman–Crippen LogP) is 2.32. The zero-order chi connectivity index (χ0) is 15.7. The minimum atomic E-state index is -0.382. The van der Waals surface area contributed by atoms with E-state index in [0.717, 1.165) is 12.1 Å². The summed E-state index contributed by atoms with van der Waals surface area (Å²) in [4.78, 5) is 13.1. The molecule has 0 amide bonds. The molecule has 2 unspecified atom stereocenters. The monoisotopic (exact) mass is 305 g/mol. The Morgan fingerprint density at radius 1 is 1.36 bits per heavy atom. The van der Waals surface area contributed by atoms with Crippen molar-refractivity contribution < 1.29 is 9.66 Å². The fraction of sp³-hybridized carbons (Fsp3) is 0.625. The largest absolute Gasteiger partial charge is 0.490 e. The first-order valence-electron chi connectivity index (χ1n) is 7.84. The lowest BCUT2D eigenvalue weighted by Crippen LogP contribution is -2.46. The van der Waals surface area contributed by atoms with Crippen molar-refractivity contribution in [2.45, 2.75) is 50.4 Å². The van der Waals surface area contributed by atoms with Crippen LogP contribution in [-0.2, 0) is 6.54 Å². The second-order valence-corrected chi connectivity index (χ2v) is 6.44.